The molecule has 3 nitrogen and oxygen atoms in total. The number of hydrogen-bond donors (Lipinski definition) is 1. The summed E-state index contributed by atoms with van der Waals surface area (Å²) in [6.45, 7) is 3.70. The number of alkyl halides is 6. The van der Waals surface area contributed by atoms with E-state index in [9.17, 15) is 31.1 Å². The van der Waals surface area contributed by atoms with Crippen LogP contribution in [0.4, 0.5) is 26.3 Å². The standard InChI is InChI=1S/C15H14F6N2OS/c1-13(2)7-23(12(25)22-13)11(24)5-8-3-9(14(16,17)18)6-10(4-8)15(19,20)21/h3-4,6H,5,7H2,1-2H3,(H,22,25). The fraction of sp³-hybridized carbons (Fsp3) is 0.467. The molecule has 1 fully saturated rings. The Kier molecular flexibility index (Phi) is 4.79. The highest BCUT2D eigenvalue weighted by Crippen LogP contribution is 2.36. The number of halogens is 6. The minimum atomic E-state index is -4.95. The van der Waals surface area contributed by atoms with Crippen molar-refractivity contribution in [1.82, 2.24) is 10.2 Å². The second-order valence-electron chi connectivity index (χ2n) is 6.38. The molecule has 0 aromatic heterocycles. The van der Waals surface area contributed by atoms with Crippen molar-refractivity contribution in [2.45, 2.75) is 38.2 Å². The zero-order chi connectivity index (χ0) is 19.2. The summed E-state index contributed by atoms with van der Waals surface area (Å²) in [5.74, 6) is -0.671. The van der Waals surface area contributed by atoms with Gasteiger partial charge in [-0.15, -0.1) is 0 Å². The summed E-state index contributed by atoms with van der Waals surface area (Å²) < 4.78 is 77.1. The van der Waals surface area contributed by atoms with Crippen LogP contribution in [0.1, 0.15) is 30.5 Å². The molecule has 0 bridgehead atoms. The third-order valence-electron chi connectivity index (χ3n) is 3.55. The van der Waals surface area contributed by atoms with Crippen LogP contribution in [0.5, 0.6) is 0 Å². The van der Waals surface area contributed by atoms with Crippen molar-refractivity contribution >= 4 is 23.2 Å². The van der Waals surface area contributed by atoms with E-state index in [1.165, 1.54) is 0 Å². The average molecular weight is 384 g/mol. The maximum atomic E-state index is 12.8. The summed E-state index contributed by atoms with van der Waals surface area (Å²) in [5, 5.41) is 2.95. The lowest BCUT2D eigenvalue weighted by atomic mass is 10.0. The smallest absolute Gasteiger partial charge is 0.356 e. The van der Waals surface area contributed by atoms with Gasteiger partial charge >= 0.3 is 12.4 Å². The molecule has 0 atom stereocenters. The van der Waals surface area contributed by atoms with Crippen molar-refractivity contribution in [1.29, 1.82) is 0 Å². The average Bonchev–Trinajstić information content (AvgIpc) is 2.69. The van der Waals surface area contributed by atoms with Gasteiger partial charge in [-0.1, -0.05) is 0 Å². The number of carbonyl (C=O) groups is 1. The molecule has 1 aromatic rings. The van der Waals surface area contributed by atoms with Crippen molar-refractivity contribution in [2.24, 2.45) is 0 Å². The number of benzene rings is 1. The van der Waals surface area contributed by atoms with E-state index in [1.807, 2.05) is 0 Å². The second kappa shape index (κ2) is 6.15. The highest BCUT2D eigenvalue weighted by Gasteiger charge is 2.38. The van der Waals surface area contributed by atoms with E-state index in [1.54, 1.807) is 13.8 Å². The number of hydrogen-bond acceptors (Lipinski definition) is 2. The number of thiocarbonyl (C=S) groups is 1. The van der Waals surface area contributed by atoms with Gasteiger partial charge in [0.2, 0.25) is 5.91 Å². The molecule has 0 saturated carbocycles. The van der Waals surface area contributed by atoms with Crippen molar-refractivity contribution in [2.75, 3.05) is 6.54 Å². The number of carbonyl (C=O) groups excluding carboxylic acids is 1. The molecule has 0 spiro atoms. The molecule has 2 rings (SSSR count). The number of nitrogens with one attached hydrogen (secondary N) is 1. The van der Waals surface area contributed by atoms with E-state index < -0.39 is 41.3 Å². The minimum absolute atomic E-state index is 0.0269. The first-order chi connectivity index (χ1) is 11.2. The lowest BCUT2D eigenvalue weighted by molar-refractivity contribution is -0.143. The maximum Gasteiger partial charge on any atom is 0.416 e. The van der Waals surface area contributed by atoms with Crippen molar-refractivity contribution < 1.29 is 31.1 Å². The van der Waals surface area contributed by atoms with Crippen LogP contribution in [0.2, 0.25) is 0 Å². The van der Waals surface area contributed by atoms with Crippen LogP contribution in [0, 0.1) is 0 Å². The molecule has 10 heteroatoms. The Hall–Kier alpha value is -1.84. The summed E-state index contributed by atoms with van der Waals surface area (Å²) in [6, 6.07) is 1.12. The maximum absolute atomic E-state index is 12.8. The van der Waals surface area contributed by atoms with E-state index >= 15 is 0 Å². The molecule has 0 unspecified atom stereocenters. The molecule has 1 aliphatic rings. The van der Waals surface area contributed by atoms with Crippen LogP contribution in [-0.2, 0) is 23.6 Å². The molecule has 0 aliphatic carbocycles. The highest BCUT2D eigenvalue weighted by atomic mass is 32.1. The summed E-state index contributed by atoms with van der Waals surface area (Å²) in [6.07, 6.45) is -10.5. The van der Waals surface area contributed by atoms with Crippen LogP contribution in [-0.4, -0.2) is 28.0 Å². The largest absolute Gasteiger partial charge is 0.416 e. The van der Waals surface area contributed by atoms with E-state index in [4.69, 9.17) is 12.2 Å². The third kappa shape index (κ3) is 4.62. The van der Waals surface area contributed by atoms with Gasteiger partial charge in [0.15, 0.2) is 5.11 Å². The van der Waals surface area contributed by atoms with Gasteiger partial charge in [0.05, 0.1) is 29.6 Å². The highest BCUT2D eigenvalue weighted by molar-refractivity contribution is 7.80. The molecule has 1 N–H and O–H groups in total. The molecule has 25 heavy (non-hydrogen) atoms. The zero-order valence-corrected chi connectivity index (χ0v) is 14.0. The predicted molar refractivity (Wildman–Crippen MR) is 81.7 cm³/mol. The SMILES string of the molecule is CC1(C)CN(C(=O)Cc2cc(C(F)(F)F)cc(C(F)(F)F)c2)C(=S)N1. The topological polar surface area (TPSA) is 32.3 Å². The summed E-state index contributed by atoms with van der Waals surface area (Å²) in [4.78, 5) is 13.4. The third-order valence-corrected chi connectivity index (χ3v) is 3.87. The predicted octanol–water partition coefficient (Wildman–Crippen LogP) is 3.76. The summed E-state index contributed by atoms with van der Waals surface area (Å²) in [5.41, 5.74) is -3.79. The van der Waals surface area contributed by atoms with Gasteiger partial charge in [0, 0.05) is 0 Å². The van der Waals surface area contributed by atoms with Crippen LogP contribution >= 0.6 is 12.2 Å². The molecule has 1 aromatic carbocycles. The lowest BCUT2D eigenvalue weighted by Gasteiger charge is -2.18. The number of amides is 1. The molecule has 1 saturated heterocycles. The van der Waals surface area contributed by atoms with E-state index in [2.05, 4.69) is 5.32 Å². The summed E-state index contributed by atoms with van der Waals surface area (Å²) in [7, 11) is 0. The van der Waals surface area contributed by atoms with Gasteiger partial charge in [-0.2, -0.15) is 26.3 Å². The van der Waals surface area contributed by atoms with Gasteiger partial charge in [0.1, 0.15) is 0 Å². The van der Waals surface area contributed by atoms with Gasteiger partial charge in [0.25, 0.3) is 0 Å². The minimum Gasteiger partial charge on any atom is -0.356 e. The molecule has 138 valence electrons. The van der Waals surface area contributed by atoms with Crippen molar-refractivity contribution in [3.8, 4) is 0 Å². The molecule has 1 amide bonds. The number of rotatable bonds is 2. The van der Waals surface area contributed by atoms with E-state index in [-0.39, 0.29) is 23.3 Å². The Labute approximate surface area is 145 Å². The van der Waals surface area contributed by atoms with Crippen LogP contribution in [0.15, 0.2) is 18.2 Å². The first-order valence-corrected chi connectivity index (χ1v) is 7.51. The van der Waals surface area contributed by atoms with Gasteiger partial charge in [-0.3, -0.25) is 9.69 Å². The lowest BCUT2D eigenvalue weighted by Crippen LogP contribution is -2.36. The van der Waals surface area contributed by atoms with Gasteiger partial charge in [-0.05, 0) is 49.8 Å². The zero-order valence-electron chi connectivity index (χ0n) is 13.2. The van der Waals surface area contributed by atoms with E-state index in [0.717, 1.165) is 4.90 Å². The fourth-order valence-corrected chi connectivity index (χ4v) is 2.90. The van der Waals surface area contributed by atoms with Crippen LogP contribution < -0.4 is 5.32 Å². The molecule has 1 aliphatic heterocycles. The number of nitrogens with zero attached hydrogens (tertiary/aromatic N) is 1. The Bertz CT molecular complexity index is 679. The second-order valence-corrected chi connectivity index (χ2v) is 6.77. The van der Waals surface area contributed by atoms with Crippen molar-refractivity contribution in [3.05, 3.63) is 34.9 Å². The Morgan fingerprint density at radius 3 is 1.96 bits per heavy atom. The van der Waals surface area contributed by atoms with Crippen LogP contribution in [0.3, 0.4) is 0 Å². The molecule has 0 radical (unpaired) electrons. The van der Waals surface area contributed by atoms with Crippen LogP contribution in [0.25, 0.3) is 0 Å². The van der Waals surface area contributed by atoms with Gasteiger partial charge < -0.3 is 5.32 Å². The normalized spacial score (nSPS) is 17.6. The van der Waals surface area contributed by atoms with Gasteiger partial charge in [-0.25, -0.2) is 0 Å². The molecular formula is C15H14F6N2OS. The molecule has 1 heterocycles. The quantitative estimate of drug-likeness (QED) is 0.623. The first kappa shape index (κ1) is 19.5. The first-order valence-electron chi connectivity index (χ1n) is 7.10. The Balaban J connectivity index is 2.33. The molecular weight excluding hydrogens is 370 g/mol. The van der Waals surface area contributed by atoms with E-state index in [0.29, 0.717) is 12.1 Å². The van der Waals surface area contributed by atoms with Crippen molar-refractivity contribution in [3.63, 3.8) is 0 Å². The Morgan fingerprint density at radius 1 is 1.12 bits per heavy atom. The fourth-order valence-electron chi connectivity index (χ4n) is 2.46. The monoisotopic (exact) mass is 384 g/mol. The summed E-state index contributed by atoms with van der Waals surface area (Å²) >= 11 is 4.99. The Morgan fingerprint density at radius 2 is 1.60 bits per heavy atom.